The predicted octanol–water partition coefficient (Wildman–Crippen LogP) is 7.79. The molecule has 6 nitrogen and oxygen atoms in total. The quantitative estimate of drug-likeness (QED) is 0.109. The smallest absolute Gasteiger partial charge is 0.343 e. The van der Waals surface area contributed by atoms with E-state index in [1.165, 1.54) is 32.1 Å². The van der Waals surface area contributed by atoms with Crippen LogP contribution in [0.15, 0.2) is 48.5 Å². The Labute approximate surface area is 222 Å². The second kappa shape index (κ2) is 18.4. The van der Waals surface area contributed by atoms with E-state index in [1.807, 2.05) is 6.92 Å². The van der Waals surface area contributed by atoms with E-state index in [2.05, 4.69) is 13.8 Å². The van der Waals surface area contributed by atoms with Crippen LogP contribution in [0.1, 0.15) is 106 Å². The van der Waals surface area contributed by atoms with Gasteiger partial charge in [0.25, 0.3) is 0 Å². The summed E-state index contributed by atoms with van der Waals surface area (Å²) in [5.74, 6) is 0.273. The third-order valence-electron chi connectivity index (χ3n) is 6.10. The van der Waals surface area contributed by atoms with Crippen molar-refractivity contribution in [3.05, 3.63) is 59.7 Å². The zero-order valence-corrected chi connectivity index (χ0v) is 22.8. The molecule has 6 heteroatoms. The molecule has 0 amide bonds. The molecule has 204 valence electrons. The Balaban J connectivity index is 1.67. The molecule has 2 rings (SSSR count). The fraction of sp³-hybridized carbons (Fsp3) is 0.548. The average molecular weight is 513 g/mol. The van der Waals surface area contributed by atoms with E-state index in [0.29, 0.717) is 30.1 Å². The molecular formula is C31H44O6. The van der Waals surface area contributed by atoms with E-state index < -0.39 is 5.97 Å². The highest BCUT2D eigenvalue weighted by Crippen LogP contribution is 2.18. The van der Waals surface area contributed by atoms with Gasteiger partial charge in [0.1, 0.15) is 11.5 Å². The predicted molar refractivity (Wildman–Crippen MR) is 147 cm³/mol. The van der Waals surface area contributed by atoms with Gasteiger partial charge in [-0.2, -0.15) is 0 Å². The summed E-state index contributed by atoms with van der Waals surface area (Å²) in [7, 11) is 0. The number of esters is 2. The first-order valence-corrected chi connectivity index (χ1v) is 13.9. The number of hydrogen-bond donors (Lipinski definition) is 0. The van der Waals surface area contributed by atoms with Gasteiger partial charge in [-0.05, 0) is 88.1 Å². The second-order valence-corrected chi connectivity index (χ2v) is 9.31. The van der Waals surface area contributed by atoms with E-state index in [1.54, 1.807) is 48.5 Å². The molecule has 2 aromatic rings. The molecule has 2 aromatic carbocycles. The Morgan fingerprint density at radius 1 is 0.676 bits per heavy atom. The van der Waals surface area contributed by atoms with E-state index in [4.69, 9.17) is 18.9 Å². The lowest BCUT2D eigenvalue weighted by Crippen LogP contribution is -2.10. The van der Waals surface area contributed by atoms with Gasteiger partial charge in [-0.25, -0.2) is 9.59 Å². The van der Waals surface area contributed by atoms with Crippen LogP contribution in [-0.4, -0.2) is 37.9 Å². The van der Waals surface area contributed by atoms with Crippen molar-refractivity contribution in [3.63, 3.8) is 0 Å². The van der Waals surface area contributed by atoms with Crippen LogP contribution in [0.5, 0.6) is 11.5 Å². The molecule has 0 aliphatic rings. The summed E-state index contributed by atoms with van der Waals surface area (Å²) in [5, 5.41) is 0. The van der Waals surface area contributed by atoms with E-state index in [0.717, 1.165) is 44.5 Å². The van der Waals surface area contributed by atoms with Crippen LogP contribution in [0.3, 0.4) is 0 Å². The Morgan fingerprint density at radius 3 is 1.92 bits per heavy atom. The first kappa shape index (κ1) is 30.4. The van der Waals surface area contributed by atoms with Crippen LogP contribution < -0.4 is 9.47 Å². The second-order valence-electron chi connectivity index (χ2n) is 9.31. The van der Waals surface area contributed by atoms with Crippen molar-refractivity contribution in [3.8, 4) is 11.5 Å². The lowest BCUT2D eigenvalue weighted by atomic mass is 10.1. The van der Waals surface area contributed by atoms with Crippen molar-refractivity contribution in [2.24, 2.45) is 0 Å². The minimum Gasteiger partial charge on any atom is -0.494 e. The van der Waals surface area contributed by atoms with Crippen LogP contribution in [0.2, 0.25) is 0 Å². The summed E-state index contributed by atoms with van der Waals surface area (Å²) in [6.07, 6.45) is 11.4. The van der Waals surface area contributed by atoms with Crippen molar-refractivity contribution in [1.29, 1.82) is 0 Å². The van der Waals surface area contributed by atoms with Gasteiger partial charge in [0.2, 0.25) is 0 Å². The zero-order chi connectivity index (χ0) is 26.7. The van der Waals surface area contributed by atoms with E-state index in [9.17, 15) is 9.59 Å². The lowest BCUT2D eigenvalue weighted by Gasteiger charge is -2.11. The minimum absolute atomic E-state index is 0.272. The summed E-state index contributed by atoms with van der Waals surface area (Å²) in [4.78, 5) is 24.7. The summed E-state index contributed by atoms with van der Waals surface area (Å²) in [5.41, 5.74) is 0.864. The highest BCUT2D eigenvalue weighted by atomic mass is 16.5. The van der Waals surface area contributed by atoms with E-state index in [-0.39, 0.29) is 12.1 Å². The Morgan fingerprint density at radius 2 is 1.24 bits per heavy atom. The van der Waals surface area contributed by atoms with Gasteiger partial charge in [0.15, 0.2) is 0 Å². The molecule has 0 spiro atoms. The molecule has 0 aromatic heterocycles. The maximum Gasteiger partial charge on any atom is 0.343 e. The van der Waals surface area contributed by atoms with Gasteiger partial charge in [-0.1, -0.05) is 45.4 Å². The molecule has 0 heterocycles. The van der Waals surface area contributed by atoms with Crippen LogP contribution >= 0.6 is 0 Å². The molecule has 0 saturated carbocycles. The summed E-state index contributed by atoms with van der Waals surface area (Å²) in [6.45, 7) is 8.09. The molecule has 0 aliphatic carbocycles. The highest BCUT2D eigenvalue weighted by molar-refractivity contribution is 5.92. The molecule has 1 atom stereocenters. The molecular weight excluding hydrogens is 468 g/mol. The van der Waals surface area contributed by atoms with Gasteiger partial charge in [0, 0.05) is 6.61 Å². The topological polar surface area (TPSA) is 71.1 Å². The van der Waals surface area contributed by atoms with Gasteiger partial charge in [-0.3, -0.25) is 0 Å². The van der Waals surface area contributed by atoms with Gasteiger partial charge in [-0.15, -0.1) is 0 Å². The molecule has 0 aliphatic heterocycles. The van der Waals surface area contributed by atoms with Gasteiger partial charge in [0.05, 0.1) is 30.4 Å². The highest BCUT2D eigenvalue weighted by Gasteiger charge is 2.11. The molecule has 0 saturated heterocycles. The molecule has 1 unspecified atom stereocenters. The fourth-order valence-electron chi connectivity index (χ4n) is 3.91. The largest absolute Gasteiger partial charge is 0.494 e. The normalized spacial score (nSPS) is 11.6. The Hall–Kier alpha value is -2.86. The molecule has 0 N–H and O–H groups in total. The lowest BCUT2D eigenvalue weighted by molar-refractivity contribution is 0.0488. The third-order valence-corrected chi connectivity index (χ3v) is 6.10. The van der Waals surface area contributed by atoms with Crippen LogP contribution in [0, 0.1) is 0 Å². The van der Waals surface area contributed by atoms with Gasteiger partial charge >= 0.3 is 11.9 Å². The third kappa shape index (κ3) is 12.8. The van der Waals surface area contributed by atoms with Crippen molar-refractivity contribution >= 4 is 11.9 Å². The number of rotatable bonds is 19. The first-order valence-electron chi connectivity index (χ1n) is 13.9. The van der Waals surface area contributed by atoms with Crippen molar-refractivity contribution in [2.45, 2.75) is 91.1 Å². The van der Waals surface area contributed by atoms with Crippen LogP contribution in [0.25, 0.3) is 0 Å². The minimum atomic E-state index is -0.462. The summed E-state index contributed by atoms with van der Waals surface area (Å²) in [6, 6.07) is 13.4. The fourth-order valence-corrected chi connectivity index (χ4v) is 3.91. The molecule has 0 bridgehead atoms. The van der Waals surface area contributed by atoms with Crippen molar-refractivity contribution in [1.82, 2.24) is 0 Å². The average Bonchev–Trinajstić information content (AvgIpc) is 2.91. The number of hydrogen-bond acceptors (Lipinski definition) is 6. The number of ether oxygens (including phenoxy) is 4. The molecule has 0 radical (unpaired) electrons. The van der Waals surface area contributed by atoms with Crippen LogP contribution in [0.4, 0.5) is 0 Å². The van der Waals surface area contributed by atoms with Crippen molar-refractivity contribution in [2.75, 3.05) is 19.8 Å². The Kier molecular flexibility index (Phi) is 15.1. The molecule has 0 fully saturated rings. The maximum atomic E-state index is 12.5. The number of carbonyl (C=O) groups excluding carboxylic acids is 2. The SMILES string of the molecule is CCCCCCCCOc1ccc(C(=O)Oc2ccc(C(=O)OCCCCCC(C)OCC)cc2)cc1. The number of unbranched alkanes of at least 4 members (excludes halogenated alkanes) is 7. The molecule has 37 heavy (non-hydrogen) atoms. The van der Waals surface area contributed by atoms with Crippen LogP contribution in [-0.2, 0) is 9.47 Å². The number of benzene rings is 2. The number of carbonyl (C=O) groups is 2. The maximum absolute atomic E-state index is 12.5. The van der Waals surface area contributed by atoms with Gasteiger partial charge < -0.3 is 18.9 Å². The van der Waals surface area contributed by atoms with E-state index >= 15 is 0 Å². The Bertz CT molecular complexity index is 891. The van der Waals surface area contributed by atoms with Crippen molar-refractivity contribution < 1.29 is 28.5 Å². The monoisotopic (exact) mass is 512 g/mol. The summed E-state index contributed by atoms with van der Waals surface area (Å²) >= 11 is 0. The first-order chi connectivity index (χ1) is 18.0. The standard InChI is InChI=1S/C31H44O6/c1-4-6-7-8-9-12-23-35-28-19-15-27(16-20-28)31(33)37-29-21-17-26(18-22-29)30(32)36-24-13-10-11-14-25(3)34-5-2/h15-22,25H,4-14,23-24H2,1-3H3. The zero-order valence-electron chi connectivity index (χ0n) is 22.8. The summed E-state index contributed by atoms with van der Waals surface area (Å²) < 4.78 is 22.1.